The molecule has 4 aliphatic rings. The number of halogens is 2. The highest BCUT2D eigenvalue weighted by molar-refractivity contribution is 9.10. The first kappa shape index (κ1) is 81.1. The van der Waals surface area contributed by atoms with E-state index >= 15 is 0 Å². The van der Waals surface area contributed by atoms with Crippen molar-refractivity contribution in [3.05, 3.63) is 461 Å². The van der Waals surface area contributed by atoms with E-state index in [-0.39, 0.29) is 5.75 Å². The van der Waals surface area contributed by atoms with E-state index in [9.17, 15) is 5.11 Å². The molecule has 4 bridgehead atoms. The van der Waals surface area contributed by atoms with E-state index in [1.165, 1.54) is 22.3 Å². The fraction of sp³-hybridized carbons (Fsp3) is 0.0367. The third-order valence-corrected chi connectivity index (χ3v) is 24.1. The number of aromatic hydroxyl groups is 1. The van der Waals surface area contributed by atoms with Crippen molar-refractivity contribution >= 4 is 135 Å². The van der Waals surface area contributed by atoms with Gasteiger partial charge in [-0.15, -0.1) is 0 Å². The molecule has 22 rings (SSSR count). The van der Waals surface area contributed by atoms with E-state index in [4.69, 9.17) is 24.4 Å². The number of fused-ring (bicyclic) bond motifs is 17. The van der Waals surface area contributed by atoms with Crippen LogP contribution in [0.25, 0.3) is 33.4 Å². The maximum Gasteiger partial charge on any atom is 0.162 e. The predicted octanol–water partition coefficient (Wildman–Crippen LogP) is 28.3. The van der Waals surface area contributed by atoms with Gasteiger partial charge in [-0.2, -0.15) is 0 Å². The van der Waals surface area contributed by atoms with Crippen LogP contribution in [-0.2, 0) is 17.0 Å². The van der Waals surface area contributed by atoms with Crippen molar-refractivity contribution in [3.8, 4) is 56.4 Å². The average molecular weight is 1810 g/mol. The van der Waals surface area contributed by atoms with Crippen LogP contribution < -0.4 is 73.3 Å². The van der Waals surface area contributed by atoms with Gasteiger partial charge in [0.15, 0.2) is 34.4 Å². The Morgan fingerprint density at radius 3 is 1.16 bits per heavy atom. The number of nitrogens with zero attached hydrogens (tertiary/aromatic N) is 3. The number of para-hydroxylation sites is 6. The van der Waals surface area contributed by atoms with Gasteiger partial charge in [-0.05, 0) is 191 Å². The second-order valence-electron chi connectivity index (χ2n) is 31.3. The van der Waals surface area contributed by atoms with Crippen LogP contribution in [0.1, 0.15) is 33.4 Å². The van der Waals surface area contributed by atoms with Crippen molar-refractivity contribution in [2.24, 2.45) is 0 Å². The molecule has 1 spiro atoms. The number of pyridine rings is 3. The molecule has 0 unspecified atom stereocenters. The van der Waals surface area contributed by atoms with E-state index in [2.05, 4.69) is 290 Å². The Morgan fingerprint density at radius 1 is 0.302 bits per heavy atom. The Hall–Kier alpha value is -16.3. The largest absolute Gasteiger partial charge is 0.508 e. The van der Waals surface area contributed by atoms with Crippen LogP contribution in [-0.4, -0.2) is 27.2 Å². The molecule has 3 aromatic heterocycles. The molecule has 13 N–H and O–H groups in total. The van der Waals surface area contributed by atoms with Crippen LogP contribution >= 0.6 is 31.9 Å². The molecule has 0 saturated heterocycles. The summed E-state index contributed by atoms with van der Waals surface area (Å²) in [5, 5.41) is 54.9. The van der Waals surface area contributed by atoms with Crippen molar-refractivity contribution in [1.82, 2.24) is 15.0 Å². The number of anilines is 18. The first-order valence-corrected chi connectivity index (χ1v) is 43.9. The minimum Gasteiger partial charge on any atom is -0.508 e. The first-order valence-electron chi connectivity index (χ1n) is 42.3. The van der Waals surface area contributed by atoms with Crippen LogP contribution in [0.3, 0.4) is 0 Å². The highest BCUT2D eigenvalue weighted by Crippen LogP contribution is 2.55. The third-order valence-electron chi connectivity index (χ3n) is 23.1. The lowest BCUT2D eigenvalue weighted by atomic mass is 9.95. The molecule has 18 aromatic rings. The van der Waals surface area contributed by atoms with Crippen LogP contribution in [0.2, 0.25) is 0 Å². The molecule has 628 valence electrons. The molecule has 15 aromatic carbocycles. The Bertz CT molecular complexity index is 6870. The lowest BCUT2D eigenvalue weighted by Gasteiger charge is -2.37. The zero-order valence-corrected chi connectivity index (χ0v) is 72.9. The highest BCUT2D eigenvalue weighted by Gasteiger charge is 2.48. The number of methoxy groups -OCH3 is 1. The van der Waals surface area contributed by atoms with Crippen LogP contribution in [0.15, 0.2) is 428 Å². The van der Waals surface area contributed by atoms with E-state index in [0.717, 1.165) is 162 Å². The second kappa shape index (κ2) is 35.7. The van der Waals surface area contributed by atoms with Gasteiger partial charge in [0.05, 0.1) is 58.3 Å². The molecule has 0 saturated carbocycles. The number of hydrogen-bond acceptors (Lipinski definition) is 18. The molecule has 129 heavy (non-hydrogen) atoms. The van der Waals surface area contributed by atoms with Gasteiger partial charge in [-0.1, -0.05) is 250 Å². The summed E-state index contributed by atoms with van der Waals surface area (Å²) < 4.78 is 13.7. The molecule has 0 atom stereocenters. The molecular weight excluding hydrogens is 1730 g/mol. The quantitative estimate of drug-likeness (QED) is 0.0381. The van der Waals surface area contributed by atoms with Crippen molar-refractivity contribution < 1.29 is 14.6 Å². The summed E-state index contributed by atoms with van der Waals surface area (Å²) in [5.74, 6) is 4.59. The number of benzene rings is 15. The number of aromatic nitrogens is 3. The molecule has 0 amide bonds. The van der Waals surface area contributed by atoms with Crippen molar-refractivity contribution in [1.29, 1.82) is 0 Å². The molecular formula is C109H85Br2N15O3. The Kier molecular flexibility index (Phi) is 22.5. The van der Waals surface area contributed by atoms with Crippen LogP contribution in [0.4, 0.5) is 103 Å². The monoisotopic (exact) mass is 1810 g/mol. The fourth-order valence-corrected chi connectivity index (χ4v) is 18.2. The normalized spacial score (nSPS) is 13.0. The summed E-state index contributed by atoms with van der Waals surface area (Å²) in [7, 11) is 1.68. The minimum atomic E-state index is -0.847. The van der Waals surface area contributed by atoms with E-state index in [1.807, 2.05) is 194 Å². The van der Waals surface area contributed by atoms with Gasteiger partial charge < -0.3 is 78.4 Å². The standard InChI is InChI=1S/C37H30BrN5O.C36H28BrN5O.C36H27N5O/c1-44-28-14-9-13-27(24-28)40-33-19-6-7-20-34(33)42-37(31-17-4-2-15-29(31)30-16-3-5-18-32(30)37)43-35-21-10-22-39-36(35)41-26-12-8-11-25(38)23-26;37-24-10-7-11-25(22-24)40-35-34(20-9-21-38-35)42-36(30-16-3-1-14-28(30)29-15-2-4-17-31(29)36)41-33-19-6-5-18-32(33)39-26-12-8-13-27(43)23-26;1-3-16-30-28(14-1)29-15-2-4-17-31(29)36(30)40-33-19-6-5-18-32(33)38-24-10-7-12-26(22-24)42-27-13-8-11-25(23-27)39-35-34(41-36)20-9-21-37-35/h2-24,40,42-43H,1H3,(H,39,41);1-23,39,41-43H,(H,38,40);1-23,38,40-41H,(H,37,39). The van der Waals surface area contributed by atoms with Gasteiger partial charge in [-0.25, -0.2) is 15.0 Å². The highest BCUT2D eigenvalue weighted by atomic mass is 79.9. The molecule has 0 fully saturated rings. The van der Waals surface area contributed by atoms with E-state index in [0.29, 0.717) is 11.6 Å². The smallest absolute Gasteiger partial charge is 0.162 e. The molecule has 1 aliphatic heterocycles. The number of hydrogen-bond donors (Lipinski definition) is 13. The zero-order valence-electron chi connectivity index (χ0n) is 69.7. The maximum atomic E-state index is 10.1. The number of ether oxygens (including phenoxy) is 2. The SMILES string of the molecule is COc1cccc(Nc2ccccc2NC2(Nc3cccnc3Nc3cccc(Br)c3)c3ccccc3-c3ccccc32)c1.Oc1cccc(Nc2ccccc2NC2(Nc3cccnc3Nc3cccc(Br)c3)c3ccccc3-c3ccccc32)c1.c1cc2cc(c1)Oc1cccc(c1)Nc1ncccc1NC1(Nc3ccccc3N2)c2ccccc2-c2ccccc21. The van der Waals surface area contributed by atoms with Crippen molar-refractivity contribution in [3.63, 3.8) is 0 Å². The number of phenols is 1. The van der Waals surface area contributed by atoms with Crippen molar-refractivity contribution in [2.45, 2.75) is 17.0 Å². The van der Waals surface area contributed by atoms with E-state index < -0.39 is 17.0 Å². The maximum absolute atomic E-state index is 10.1. The summed E-state index contributed by atoms with van der Waals surface area (Å²) in [6, 6.07) is 135. The van der Waals surface area contributed by atoms with Gasteiger partial charge in [0.2, 0.25) is 0 Å². The summed E-state index contributed by atoms with van der Waals surface area (Å²) >= 11 is 7.16. The zero-order chi connectivity index (χ0) is 87.1. The Balaban J connectivity index is 0.000000121. The fourth-order valence-electron chi connectivity index (χ4n) is 17.4. The average Bonchev–Trinajstić information content (AvgIpc) is 1.57. The molecule has 18 nitrogen and oxygen atoms in total. The number of nitrogens with one attached hydrogen (secondary N) is 12. The van der Waals surface area contributed by atoms with Gasteiger partial charge in [0.25, 0.3) is 0 Å². The lowest BCUT2D eigenvalue weighted by Crippen LogP contribution is -2.43. The summed E-state index contributed by atoms with van der Waals surface area (Å²) in [6.45, 7) is 0. The van der Waals surface area contributed by atoms with Gasteiger partial charge >= 0.3 is 0 Å². The molecule has 20 heteroatoms. The van der Waals surface area contributed by atoms with Gasteiger partial charge in [0.1, 0.15) is 23.0 Å². The topological polar surface area (TPSA) is 222 Å². The molecule has 0 radical (unpaired) electrons. The predicted molar refractivity (Wildman–Crippen MR) is 534 cm³/mol. The molecule has 4 heterocycles. The van der Waals surface area contributed by atoms with Crippen LogP contribution in [0, 0.1) is 0 Å². The Labute approximate surface area is 764 Å². The lowest BCUT2D eigenvalue weighted by molar-refractivity contribution is 0.415. The third kappa shape index (κ3) is 16.7. The Morgan fingerprint density at radius 2 is 0.667 bits per heavy atom. The second-order valence-corrected chi connectivity index (χ2v) is 33.2. The minimum absolute atomic E-state index is 0.203. The van der Waals surface area contributed by atoms with Crippen LogP contribution in [0.5, 0.6) is 23.0 Å². The molecule has 3 aliphatic carbocycles. The van der Waals surface area contributed by atoms with Gasteiger partial charge in [-0.3, -0.25) is 0 Å². The van der Waals surface area contributed by atoms with E-state index in [1.54, 1.807) is 37.8 Å². The van der Waals surface area contributed by atoms with Gasteiger partial charge in [0, 0.05) is 119 Å². The van der Waals surface area contributed by atoms with Crippen molar-refractivity contribution in [2.75, 3.05) is 70.9 Å². The number of rotatable bonds is 17. The number of phenolic OH excluding ortho intramolecular Hbond substituents is 1. The summed E-state index contributed by atoms with van der Waals surface area (Å²) in [6.07, 6.45) is 5.39. The summed E-state index contributed by atoms with van der Waals surface area (Å²) in [5.41, 5.74) is 24.7. The summed E-state index contributed by atoms with van der Waals surface area (Å²) in [4.78, 5) is 14.2. The first-order chi connectivity index (χ1) is 63.5.